The number of nitrogens with one attached hydrogen (secondary N) is 2. The van der Waals surface area contributed by atoms with E-state index in [0.29, 0.717) is 24.5 Å². The van der Waals surface area contributed by atoms with Gasteiger partial charge in [0, 0.05) is 24.7 Å². The molecule has 96 valence electrons. The Kier molecular flexibility index (Phi) is 4.67. The summed E-state index contributed by atoms with van der Waals surface area (Å²) in [5, 5.41) is 14.5. The molecule has 0 aliphatic heterocycles. The van der Waals surface area contributed by atoms with Gasteiger partial charge in [0.15, 0.2) is 0 Å². The molecule has 5 nitrogen and oxygen atoms in total. The van der Waals surface area contributed by atoms with Crippen molar-refractivity contribution in [3.8, 4) is 6.07 Å². The Bertz CT molecular complexity index is 440. The maximum absolute atomic E-state index is 11.6. The molecule has 0 saturated carbocycles. The van der Waals surface area contributed by atoms with Crippen LogP contribution in [0.1, 0.15) is 26.3 Å². The number of carbonyl (C=O) groups excluding carboxylic acids is 1. The van der Waals surface area contributed by atoms with Gasteiger partial charge in [-0.05, 0) is 12.1 Å². The molecule has 1 aromatic heterocycles. The number of anilines is 1. The first-order valence-electron chi connectivity index (χ1n) is 5.82. The second kappa shape index (κ2) is 6.01. The molecule has 5 heteroatoms. The highest BCUT2D eigenvalue weighted by Gasteiger charge is 2.20. The van der Waals surface area contributed by atoms with E-state index >= 15 is 0 Å². The Balaban J connectivity index is 2.30. The van der Waals surface area contributed by atoms with Crippen LogP contribution in [0.15, 0.2) is 18.3 Å². The lowest BCUT2D eigenvalue weighted by Gasteiger charge is -2.17. The molecular weight excluding hydrogens is 228 g/mol. The Morgan fingerprint density at radius 1 is 1.39 bits per heavy atom. The monoisotopic (exact) mass is 246 g/mol. The first kappa shape index (κ1) is 14.0. The SMILES string of the molecule is CC(C)(C)C(=O)NCCNc1ccc(C#N)cn1. The van der Waals surface area contributed by atoms with E-state index in [2.05, 4.69) is 15.6 Å². The average Bonchev–Trinajstić information content (AvgIpc) is 2.34. The Hall–Kier alpha value is -2.09. The smallest absolute Gasteiger partial charge is 0.225 e. The Morgan fingerprint density at radius 2 is 2.11 bits per heavy atom. The van der Waals surface area contributed by atoms with E-state index in [1.54, 1.807) is 12.1 Å². The minimum atomic E-state index is -0.368. The average molecular weight is 246 g/mol. The topological polar surface area (TPSA) is 77.8 Å². The van der Waals surface area contributed by atoms with E-state index in [4.69, 9.17) is 5.26 Å². The minimum absolute atomic E-state index is 0.0251. The lowest BCUT2D eigenvalue weighted by Crippen LogP contribution is -2.37. The Morgan fingerprint density at radius 3 is 2.61 bits per heavy atom. The lowest BCUT2D eigenvalue weighted by molar-refractivity contribution is -0.128. The first-order chi connectivity index (χ1) is 8.43. The van der Waals surface area contributed by atoms with Crippen LogP contribution < -0.4 is 10.6 Å². The molecule has 1 amide bonds. The van der Waals surface area contributed by atoms with Crippen molar-refractivity contribution in [1.29, 1.82) is 5.26 Å². The normalized spacial score (nSPS) is 10.6. The Labute approximate surface area is 107 Å². The molecule has 1 aromatic rings. The number of nitrogens with zero attached hydrogens (tertiary/aromatic N) is 2. The van der Waals surface area contributed by atoms with Gasteiger partial charge in [-0.15, -0.1) is 0 Å². The van der Waals surface area contributed by atoms with Gasteiger partial charge in [-0.25, -0.2) is 4.98 Å². The molecule has 1 heterocycles. The molecule has 0 saturated heterocycles. The molecular formula is C13H18N4O. The van der Waals surface area contributed by atoms with Crippen molar-refractivity contribution in [3.05, 3.63) is 23.9 Å². The van der Waals surface area contributed by atoms with E-state index in [1.165, 1.54) is 6.20 Å². The van der Waals surface area contributed by atoms with Crippen molar-refractivity contribution in [2.75, 3.05) is 18.4 Å². The molecule has 0 aromatic carbocycles. The summed E-state index contributed by atoms with van der Waals surface area (Å²) in [6, 6.07) is 5.44. The van der Waals surface area contributed by atoms with Crippen molar-refractivity contribution >= 4 is 11.7 Å². The fourth-order valence-electron chi connectivity index (χ4n) is 1.20. The van der Waals surface area contributed by atoms with Crippen LogP contribution in [0.4, 0.5) is 5.82 Å². The predicted molar refractivity (Wildman–Crippen MR) is 69.9 cm³/mol. The quantitative estimate of drug-likeness (QED) is 0.790. The zero-order valence-corrected chi connectivity index (χ0v) is 10.9. The maximum atomic E-state index is 11.6. The van der Waals surface area contributed by atoms with Crippen molar-refractivity contribution < 1.29 is 4.79 Å². The van der Waals surface area contributed by atoms with Gasteiger partial charge < -0.3 is 10.6 Å². The number of carbonyl (C=O) groups is 1. The minimum Gasteiger partial charge on any atom is -0.368 e. The summed E-state index contributed by atoms with van der Waals surface area (Å²) in [7, 11) is 0. The summed E-state index contributed by atoms with van der Waals surface area (Å²) < 4.78 is 0. The number of nitriles is 1. The predicted octanol–water partition coefficient (Wildman–Crippen LogP) is 1.53. The second-order valence-corrected chi connectivity index (χ2v) is 4.98. The molecule has 0 atom stereocenters. The fourth-order valence-corrected chi connectivity index (χ4v) is 1.20. The molecule has 0 radical (unpaired) electrons. The van der Waals surface area contributed by atoms with Crippen LogP contribution in [0, 0.1) is 16.7 Å². The first-order valence-corrected chi connectivity index (χ1v) is 5.82. The molecule has 0 aliphatic rings. The molecule has 0 aliphatic carbocycles. The number of rotatable bonds is 4. The molecule has 0 fully saturated rings. The van der Waals surface area contributed by atoms with E-state index in [1.807, 2.05) is 26.8 Å². The highest BCUT2D eigenvalue weighted by Crippen LogP contribution is 2.11. The van der Waals surface area contributed by atoms with Crippen molar-refractivity contribution in [2.24, 2.45) is 5.41 Å². The summed E-state index contributed by atoms with van der Waals surface area (Å²) in [4.78, 5) is 15.6. The molecule has 0 spiro atoms. The number of hydrogen-bond donors (Lipinski definition) is 2. The number of amides is 1. The number of aromatic nitrogens is 1. The van der Waals surface area contributed by atoms with Crippen molar-refractivity contribution in [1.82, 2.24) is 10.3 Å². The molecule has 1 rings (SSSR count). The summed E-state index contributed by atoms with van der Waals surface area (Å²) in [6.45, 7) is 6.76. The van der Waals surface area contributed by atoms with Crippen LogP contribution in [-0.2, 0) is 4.79 Å². The van der Waals surface area contributed by atoms with E-state index in [-0.39, 0.29) is 11.3 Å². The van der Waals surface area contributed by atoms with Crippen LogP contribution in [-0.4, -0.2) is 24.0 Å². The van der Waals surface area contributed by atoms with Crippen molar-refractivity contribution in [3.63, 3.8) is 0 Å². The van der Waals surface area contributed by atoms with Gasteiger partial charge in [0.05, 0.1) is 5.56 Å². The van der Waals surface area contributed by atoms with Crippen molar-refractivity contribution in [2.45, 2.75) is 20.8 Å². The maximum Gasteiger partial charge on any atom is 0.225 e. The molecule has 0 bridgehead atoms. The van der Waals surface area contributed by atoms with Crippen LogP contribution in [0.3, 0.4) is 0 Å². The third kappa shape index (κ3) is 4.42. The van der Waals surface area contributed by atoms with Gasteiger partial charge >= 0.3 is 0 Å². The van der Waals surface area contributed by atoms with Crippen LogP contribution in [0.5, 0.6) is 0 Å². The zero-order valence-electron chi connectivity index (χ0n) is 10.9. The largest absolute Gasteiger partial charge is 0.368 e. The third-order valence-corrected chi connectivity index (χ3v) is 2.29. The van der Waals surface area contributed by atoms with Gasteiger partial charge in [-0.1, -0.05) is 20.8 Å². The highest BCUT2D eigenvalue weighted by molar-refractivity contribution is 5.81. The van der Waals surface area contributed by atoms with Crippen LogP contribution in [0.2, 0.25) is 0 Å². The molecule has 0 unspecified atom stereocenters. The zero-order chi connectivity index (χ0) is 13.6. The van der Waals surface area contributed by atoms with Gasteiger partial charge in [-0.2, -0.15) is 5.26 Å². The summed E-state index contributed by atoms with van der Waals surface area (Å²) in [5.74, 6) is 0.719. The van der Waals surface area contributed by atoms with E-state index < -0.39 is 0 Å². The van der Waals surface area contributed by atoms with Gasteiger partial charge in [0.2, 0.25) is 5.91 Å². The highest BCUT2D eigenvalue weighted by atomic mass is 16.2. The van der Waals surface area contributed by atoms with Gasteiger partial charge in [0.1, 0.15) is 11.9 Å². The van der Waals surface area contributed by atoms with Gasteiger partial charge in [-0.3, -0.25) is 4.79 Å². The second-order valence-electron chi connectivity index (χ2n) is 4.98. The lowest BCUT2D eigenvalue weighted by atomic mass is 9.96. The number of hydrogen-bond acceptors (Lipinski definition) is 4. The van der Waals surface area contributed by atoms with Gasteiger partial charge in [0.25, 0.3) is 0 Å². The standard InChI is InChI=1S/C13H18N4O/c1-13(2,3)12(18)16-7-6-15-11-5-4-10(8-14)9-17-11/h4-5,9H,6-7H2,1-3H3,(H,15,17)(H,16,18). The summed E-state index contributed by atoms with van der Waals surface area (Å²) >= 11 is 0. The van der Waals surface area contributed by atoms with Crippen LogP contribution in [0.25, 0.3) is 0 Å². The van der Waals surface area contributed by atoms with E-state index in [9.17, 15) is 4.79 Å². The number of pyridine rings is 1. The molecule has 2 N–H and O–H groups in total. The van der Waals surface area contributed by atoms with Crippen LogP contribution >= 0.6 is 0 Å². The van der Waals surface area contributed by atoms with E-state index in [0.717, 1.165) is 0 Å². The third-order valence-electron chi connectivity index (χ3n) is 2.29. The summed E-state index contributed by atoms with van der Waals surface area (Å²) in [6.07, 6.45) is 1.51. The molecule has 18 heavy (non-hydrogen) atoms. The summed E-state index contributed by atoms with van der Waals surface area (Å²) in [5.41, 5.74) is 0.161. The fraction of sp³-hybridized carbons (Fsp3) is 0.462.